The molecule has 0 saturated heterocycles. The summed E-state index contributed by atoms with van der Waals surface area (Å²) >= 11 is 0. The molecule has 17 heavy (non-hydrogen) atoms. The minimum Gasteiger partial charge on any atom is -0.289 e. The van der Waals surface area contributed by atoms with Crippen molar-refractivity contribution >= 4 is 11.5 Å². The van der Waals surface area contributed by atoms with Crippen molar-refractivity contribution in [2.75, 3.05) is 0 Å². The van der Waals surface area contributed by atoms with Gasteiger partial charge in [-0.25, -0.2) is 0 Å². The highest BCUT2D eigenvalue weighted by atomic mass is 16.6. The zero-order chi connectivity index (χ0) is 12.3. The number of ketones is 1. The van der Waals surface area contributed by atoms with Crippen molar-refractivity contribution in [3.63, 3.8) is 0 Å². The number of carbonyl (C=O) groups excluding carboxylic acids is 1. The van der Waals surface area contributed by atoms with Gasteiger partial charge in [-0.3, -0.25) is 19.9 Å². The van der Waals surface area contributed by atoms with E-state index in [0.29, 0.717) is 11.1 Å². The molecule has 5 nitrogen and oxygen atoms in total. The molecule has 1 heterocycles. The van der Waals surface area contributed by atoms with E-state index in [4.69, 9.17) is 0 Å². The number of hydrogen-bond acceptors (Lipinski definition) is 4. The van der Waals surface area contributed by atoms with Crippen molar-refractivity contribution in [3.8, 4) is 0 Å². The number of carbonyl (C=O) groups is 1. The van der Waals surface area contributed by atoms with Gasteiger partial charge in [0, 0.05) is 35.7 Å². The molecule has 0 amide bonds. The lowest BCUT2D eigenvalue weighted by atomic mass is 10.0. The average molecular weight is 228 g/mol. The minimum absolute atomic E-state index is 0.0312. The first kappa shape index (κ1) is 10.9. The number of nitro groups is 1. The topological polar surface area (TPSA) is 73.1 Å². The first-order valence-electron chi connectivity index (χ1n) is 4.87. The van der Waals surface area contributed by atoms with Gasteiger partial charge in [0.1, 0.15) is 0 Å². The zero-order valence-corrected chi connectivity index (χ0v) is 8.74. The number of rotatable bonds is 3. The largest absolute Gasteiger partial charge is 0.289 e. The molecular formula is C12H8N2O3. The second-order valence-corrected chi connectivity index (χ2v) is 3.37. The third kappa shape index (κ3) is 2.34. The molecule has 2 rings (SSSR count). The van der Waals surface area contributed by atoms with E-state index < -0.39 is 4.92 Å². The van der Waals surface area contributed by atoms with Crippen molar-refractivity contribution in [1.82, 2.24) is 4.98 Å². The van der Waals surface area contributed by atoms with Gasteiger partial charge in [-0.15, -0.1) is 0 Å². The van der Waals surface area contributed by atoms with E-state index in [1.165, 1.54) is 36.7 Å². The van der Waals surface area contributed by atoms with Crippen LogP contribution in [0.1, 0.15) is 15.9 Å². The fourth-order valence-electron chi connectivity index (χ4n) is 1.40. The maximum absolute atomic E-state index is 11.9. The monoisotopic (exact) mass is 228 g/mol. The maximum atomic E-state index is 11.9. The number of pyridine rings is 1. The van der Waals surface area contributed by atoms with Crippen LogP contribution >= 0.6 is 0 Å². The molecule has 0 bridgehead atoms. The maximum Gasteiger partial charge on any atom is 0.269 e. The summed E-state index contributed by atoms with van der Waals surface area (Å²) in [5, 5.41) is 10.5. The molecule has 0 radical (unpaired) electrons. The van der Waals surface area contributed by atoms with Crippen LogP contribution in [0.2, 0.25) is 0 Å². The summed E-state index contributed by atoms with van der Waals surface area (Å²) in [5.41, 5.74) is 0.895. The Labute approximate surface area is 96.9 Å². The van der Waals surface area contributed by atoms with Crippen LogP contribution < -0.4 is 0 Å². The quantitative estimate of drug-likeness (QED) is 0.458. The third-order valence-corrected chi connectivity index (χ3v) is 2.28. The minimum atomic E-state index is -0.499. The molecule has 0 unspecified atom stereocenters. The average Bonchev–Trinajstić information content (AvgIpc) is 2.39. The Kier molecular flexibility index (Phi) is 2.91. The smallest absolute Gasteiger partial charge is 0.269 e. The molecule has 0 N–H and O–H groups in total. The molecule has 5 heteroatoms. The van der Waals surface area contributed by atoms with Crippen LogP contribution in [0.4, 0.5) is 5.69 Å². The summed E-state index contributed by atoms with van der Waals surface area (Å²) in [6.07, 6.45) is 3.05. The Morgan fingerprint density at radius 1 is 1.00 bits per heavy atom. The standard InChI is InChI=1S/C12H8N2O3/c15-12(10-5-7-13-8-6-10)9-1-3-11(4-2-9)14(16)17/h1-8H. The number of benzene rings is 1. The third-order valence-electron chi connectivity index (χ3n) is 2.28. The number of hydrogen-bond donors (Lipinski definition) is 0. The second kappa shape index (κ2) is 4.52. The van der Waals surface area contributed by atoms with E-state index in [1.54, 1.807) is 12.1 Å². The highest BCUT2D eigenvalue weighted by Crippen LogP contribution is 2.14. The van der Waals surface area contributed by atoms with Crippen LogP contribution in [0.5, 0.6) is 0 Å². The molecule has 0 aliphatic heterocycles. The van der Waals surface area contributed by atoms with Crippen LogP contribution in [-0.4, -0.2) is 15.7 Å². The van der Waals surface area contributed by atoms with Gasteiger partial charge in [0.15, 0.2) is 5.78 Å². The molecule has 0 spiro atoms. The number of nitrogens with zero attached hydrogens (tertiary/aromatic N) is 2. The van der Waals surface area contributed by atoms with Crippen molar-refractivity contribution in [1.29, 1.82) is 0 Å². The fourth-order valence-corrected chi connectivity index (χ4v) is 1.40. The Hall–Kier alpha value is -2.56. The van der Waals surface area contributed by atoms with Gasteiger partial charge in [0.25, 0.3) is 5.69 Å². The van der Waals surface area contributed by atoms with Crippen LogP contribution in [0.15, 0.2) is 48.8 Å². The number of aromatic nitrogens is 1. The lowest BCUT2D eigenvalue weighted by Crippen LogP contribution is -2.01. The van der Waals surface area contributed by atoms with Gasteiger partial charge >= 0.3 is 0 Å². The van der Waals surface area contributed by atoms with Crippen molar-refractivity contribution in [2.45, 2.75) is 0 Å². The van der Waals surface area contributed by atoms with E-state index >= 15 is 0 Å². The SMILES string of the molecule is O=C(c1ccncc1)c1ccc([N+](=O)[O-])cc1. The highest BCUT2D eigenvalue weighted by molar-refractivity contribution is 6.08. The van der Waals surface area contributed by atoms with Crippen molar-refractivity contribution < 1.29 is 9.72 Å². The Bertz CT molecular complexity index is 550. The molecule has 1 aromatic carbocycles. The van der Waals surface area contributed by atoms with E-state index in [0.717, 1.165) is 0 Å². The molecular weight excluding hydrogens is 220 g/mol. The van der Waals surface area contributed by atoms with E-state index in [1.807, 2.05) is 0 Å². The van der Waals surface area contributed by atoms with Gasteiger partial charge in [-0.05, 0) is 24.3 Å². The summed E-state index contributed by atoms with van der Waals surface area (Å²) in [6, 6.07) is 8.72. The van der Waals surface area contributed by atoms with Crippen LogP contribution in [-0.2, 0) is 0 Å². The van der Waals surface area contributed by atoms with Gasteiger partial charge in [-0.2, -0.15) is 0 Å². The van der Waals surface area contributed by atoms with Gasteiger partial charge in [0.2, 0.25) is 0 Å². The molecule has 0 aliphatic rings. The van der Waals surface area contributed by atoms with Gasteiger partial charge < -0.3 is 0 Å². The summed E-state index contributed by atoms with van der Waals surface area (Å²) < 4.78 is 0. The number of non-ortho nitro benzene ring substituents is 1. The lowest BCUT2D eigenvalue weighted by molar-refractivity contribution is -0.384. The normalized spacial score (nSPS) is 9.88. The molecule has 0 aliphatic carbocycles. The summed E-state index contributed by atoms with van der Waals surface area (Å²) in [6.45, 7) is 0. The molecule has 1 aromatic heterocycles. The molecule has 84 valence electrons. The van der Waals surface area contributed by atoms with Crippen LogP contribution in [0.3, 0.4) is 0 Å². The Morgan fingerprint density at radius 2 is 1.53 bits per heavy atom. The molecule has 2 aromatic rings. The first-order chi connectivity index (χ1) is 8.18. The van der Waals surface area contributed by atoms with E-state index in [2.05, 4.69) is 4.98 Å². The predicted octanol–water partition coefficient (Wildman–Crippen LogP) is 2.22. The summed E-state index contributed by atoms with van der Waals surface area (Å²) in [5.74, 6) is -0.178. The van der Waals surface area contributed by atoms with Crippen molar-refractivity contribution in [2.24, 2.45) is 0 Å². The van der Waals surface area contributed by atoms with E-state index in [9.17, 15) is 14.9 Å². The summed E-state index contributed by atoms with van der Waals surface area (Å²) in [4.78, 5) is 25.7. The van der Waals surface area contributed by atoms with Crippen LogP contribution in [0.25, 0.3) is 0 Å². The zero-order valence-electron chi connectivity index (χ0n) is 8.74. The predicted molar refractivity (Wildman–Crippen MR) is 60.8 cm³/mol. The molecule has 0 saturated carbocycles. The van der Waals surface area contributed by atoms with Crippen molar-refractivity contribution in [3.05, 3.63) is 70.0 Å². The van der Waals surface area contributed by atoms with Gasteiger partial charge in [-0.1, -0.05) is 0 Å². The first-order valence-corrected chi connectivity index (χ1v) is 4.87. The van der Waals surface area contributed by atoms with E-state index in [-0.39, 0.29) is 11.5 Å². The second-order valence-electron chi connectivity index (χ2n) is 3.37. The van der Waals surface area contributed by atoms with Gasteiger partial charge in [0.05, 0.1) is 4.92 Å². The Balaban J connectivity index is 2.30. The lowest BCUT2D eigenvalue weighted by Gasteiger charge is -2.00. The molecule has 0 atom stereocenters. The molecule has 0 fully saturated rings. The summed E-state index contributed by atoms with van der Waals surface area (Å²) in [7, 11) is 0. The Morgan fingerprint density at radius 3 is 2.06 bits per heavy atom. The highest BCUT2D eigenvalue weighted by Gasteiger charge is 2.10. The fraction of sp³-hybridized carbons (Fsp3) is 0. The van der Waals surface area contributed by atoms with Crippen LogP contribution in [0, 0.1) is 10.1 Å². The number of nitro benzene ring substituents is 1.